The summed E-state index contributed by atoms with van der Waals surface area (Å²) in [5.41, 5.74) is 1.97. The molecule has 0 bridgehead atoms. The highest BCUT2D eigenvalue weighted by Crippen LogP contribution is 2.37. The molecule has 8 nitrogen and oxygen atoms in total. The maximum atomic E-state index is 12.8. The van der Waals surface area contributed by atoms with Gasteiger partial charge in [0.1, 0.15) is 28.2 Å². The van der Waals surface area contributed by atoms with Crippen molar-refractivity contribution in [2.24, 2.45) is 0 Å². The maximum absolute atomic E-state index is 12.8. The van der Waals surface area contributed by atoms with Gasteiger partial charge in [0.05, 0.1) is 13.7 Å². The second-order valence-corrected chi connectivity index (χ2v) is 7.55. The smallest absolute Gasteiger partial charge is 0.344 e. The number of phenolic OH excluding ortho intramolecular Hbond substituents is 2. The number of carbonyl (C=O) groups excluding carboxylic acids is 1. The number of rotatable bonds is 8. The summed E-state index contributed by atoms with van der Waals surface area (Å²) in [6.07, 6.45) is 2.52. The largest absolute Gasteiger partial charge is 0.507 e. The molecule has 3 rings (SSSR count). The maximum Gasteiger partial charge on any atom is 0.344 e. The Balaban J connectivity index is 2.12. The second-order valence-electron chi connectivity index (χ2n) is 7.55. The SMILES string of the molecule is CCOC(=O)COc1cc(O)c2c(=O)cc(-c3cc(O)c(OC)cc3CC=C(C)C)oc2c1. The first-order chi connectivity index (χ1) is 15.7. The van der Waals surface area contributed by atoms with Crippen molar-refractivity contribution in [3.63, 3.8) is 0 Å². The van der Waals surface area contributed by atoms with E-state index in [-0.39, 0.29) is 47.2 Å². The molecule has 0 aliphatic rings. The number of esters is 1. The lowest BCUT2D eigenvalue weighted by atomic mass is 9.99. The van der Waals surface area contributed by atoms with Crippen LogP contribution in [0.25, 0.3) is 22.3 Å². The standard InChI is InChI=1S/C25H26O8/c1-5-31-24(29)13-32-16-9-19(27)25-20(28)12-21(33-23(25)10-16)17-11-18(26)22(30-4)8-15(17)7-6-14(2)3/h6,8-12,26-27H,5,7,13H2,1-4H3. The molecule has 0 saturated carbocycles. The summed E-state index contributed by atoms with van der Waals surface area (Å²) in [6.45, 7) is 5.47. The molecule has 0 unspecified atom stereocenters. The van der Waals surface area contributed by atoms with E-state index in [1.54, 1.807) is 13.0 Å². The Kier molecular flexibility index (Phi) is 7.27. The third-order valence-electron chi connectivity index (χ3n) is 4.85. The molecule has 33 heavy (non-hydrogen) atoms. The Morgan fingerprint density at radius 1 is 1.09 bits per heavy atom. The molecule has 0 radical (unpaired) electrons. The molecule has 0 spiro atoms. The topological polar surface area (TPSA) is 115 Å². The van der Waals surface area contributed by atoms with Gasteiger partial charge in [0.2, 0.25) is 0 Å². The van der Waals surface area contributed by atoms with Crippen LogP contribution in [0.1, 0.15) is 26.3 Å². The number of aromatic hydroxyl groups is 2. The summed E-state index contributed by atoms with van der Waals surface area (Å²) in [7, 11) is 1.45. The zero-order chi connectivity index (χ0) is 24.1. The molecule has 3 aromatic rings. The Hall–Kier alpha value is -3.94. The van der Waals surface area contributed by atoms with E-state index in [0.717, 1.165) is 11.1 Å². The van der Waals surface area contributed by atoms with Crippen molar-refractivity contribution in [1.29, 1.82) is 0 Å². The van der Waals surface area contributed by atoms with Gasteiger partial charge in [0, 0.05) is 23.8 Å². The van der Waals surface area contributed by atoms with Crippen molar-refractivity contribution in [2.45, 2.75) is 27.2 Å². The van der Waals surface area contributed by atoms with Crippen molar-refractivity contribution < 1.29 is 33.6 Å². The Labute approximate surface area is 190 Å². The highest BCUT2D eigenvalue weighted by atomic mass is 16.6. The number of carbonyl (C=O) groups is 1. The zero-order valence-electron chi connectivity index (χ0n) is 18.9. The normalized spacial score (nSPS) is 10.7. The molecule has 2 N–H and O–H groups in total. The monoisotopic (exact) mass is 454 g/mol. The molecule has 0 fully saturated rings. The predicted octanol–water partition coefficient (Wildman–Crippen LogP) is 4.33. The number of hydrogen-bond acceptors (Lipinski definition) is 8. The quantitative estimate of drug-likeness (QED) is 0.382. The summed E-state index contributed by atoms with van der Waals surface area (Å²) >= 11 is 0. The second kappa shape index (κ2) is 10.1. The van der Waals surface area contributed by atoms with Crippen LogP contribution in [0.4, 0.5) is 0 Å². The molecule has 0 aliphatic carbocycles. The highest BCUT2D eigenvalue weighted by molar-refractivity contribution is 5.86. The van der Waals surface area contributed by atoms with Crippen LogP contribution in [0.3, 0.4) is 0 Å². The minimum Gasteiger partial charge on any atom is -0.507 e. The van der Waals surface area contributed by atoms with E-state index in [1.807, 2.05) is 19.9 Å². The molecule has 174 valence electrons. The van der Waals surface area contributed by atoms with Gasteiger partial charge in [-0.1, -0.05) is 11.6 Å². The van der Waals surface area contributed by atoms with Gasteiger partial charge < -0.3 is 28.8 Å². The predicted molar refractivity (Wildman–Crippen MR) is 123 cm³/mol. The zero-order valence-corrected chi connectivity index (χ0v) is 18.9. The molecule has 8 heteroatoms. The van der Waals surface area contributed by atoms with Gasteiger partial charge in [0.25, 0.3) is 0 Å². The first kappa shape index (κ1) is 23.7. The molecule has 0 aliphatic heterocycles. The van der Waals surface area contributed by atoms with E-state index in [1.165, 1.54) is 31.4 Å². The molecule has 1 heterocycles. The van der Waals surface area contributed by atoms with Gasteiger partial charge in [-0.15, -0.1) is 0 Å². The van der Waals surface area contributed by atoms with Crippen molar-refractivity contribution in [2.75, 3.05) is 20.3 Å². The van der Waals surface area contributed by atoms with Crippen molar-refractivity contribution in [1.82, 2.24) is 0 Å². The van der Waals surface area contributed by atoms with Gasteiger partial charge in [-0.2, -0.15) is 0 Å². The van der Waals surface area contributed by atoms with E-state index in [0.29, 0.717) is 17.7 Å². The summed E-state index contributed by atoms with van der Waals surface area (Å²) in [5, 5.41) is 20.7. The molecule has 1 aromatic heterocycles. The van der Waals surface area contributed by atoms with Gasteiger partial charge in [-0.3, -0.25) is 4.79 Å². The fourth-order valence-electron chi connectivity index (χ4n) is 3.29. The fourth-order valence-corrected chi connectivity index (χ4v) is 3.29. The Bertz CT molecular complexity index is 1270. The van der Waals surface area contributed by atoms with E-state index in [9.17, 15) is 19.8 Å². The number of benzene rings is 2. The van der Waals surface area contributed by atoms with Crippen LogP contribution in [-0.4, -0.2) is 36.5 Å². The van der Waals surface area contributed by atoms with E-state index >= 15 is 0 Å². The number of methoxy groups -OCH3 is 1. The van der Waals surface area contributed by atoms with Crippen LogP contribution < -0.4 is 14.9 Å². The molecule has 2 aromatic carbocycles. The van der Waals surface area contributed by atoms with Crippen LogP contribution in [0.5, 0.6) is 23.0 Å². The highest BCUT2D eigenvalue weighted by Gasteiger charge is 2.17. The van der Waals surface area contributed by atoms with Crippen LogP contribution in [0, 0.1) is 0 Å². The van der Waals surface area contributed by atoms with E-state index < -0.39 is 11.4 Å². The fraction of sp³-hybridized carbons (Fsp3) is 0.280. The van der Waals surface area contributed by atoms with Gasteiger partial charge in [-0.05, 0) is 44.9 Å². The minimum absolute atomic E-state index is 0.0224. The number of ether oxygens (including phenoxy) is 3. The third-order valence-corrected chi connectivity index (χ3v) is 4.85. The Morgan fingerprint density at radius 2 is 1.85 bits per heavy atom. The average molecular weight is 454 g/mol. The third kappa shape index (κ3) is 5.46. The van der Waals surface area contributed by atoms with E-state index in [4.69, 9.17) is 18.6 Å². The minimum atomic E-state index is -0.565. The van der Waals surface area contributed by atoms with Crippen LogP contribution >= 0.6 is 0 Å². The summed E-state index contributed by atoms with van der Waals surface area (Å²) in [5.74, 6) is -0.379. The number of hydrogen-bond donors (Lipinski definition) is 2. The Morgan fingerprint density at radius 3 is 2.52 bits per heavy atom. The summed E-state index contributed by atoms with van der Waals surface area (Å²) in [4.78, 5) is 24.4. The number of phenols is 2. The molecular formula is C25H26O8. The van der Waals surface area contributed by atoms with Gasteiger partial charge in [0.15, 0.2) is 23.5 Å². The average Bonchev–Trinajstić information content (AvgIpc) is 2.76. The van der Waals surface area contributed by atoms with E-state index in [2.05, 4.69) is 0 Å². The molecular weight excluding hydrogens is 428 g/mol. The van der Waals surface area contributed by atoms with Crippen molar-refractivity contribution in [3.05, 3.63) is 57.8 Å². The van der Waals surface area contributed by atoms with Crippen molar-refractivity contribution >= 4 is 16.9 Å². The van der Waals surface area contributed by atoms with Crippen molar-refractivity contribution in [3.8, 4) is 34.3 Å². The van der Waals surface area contributed by atoms with Crippen LogP contribution in [-0.2, 0) is 16.0 Å². The summed E-state index contributed by atoms with van der Waals surface area (Å²) < 4.78 is 21.4. The first-order valence-corrected chi connectivity index (χ1v) is 10.4. The van der Waals surface area contributed by atoms with Gasteiger partial charge in [-0.25, -0.2) is 4.79 Å². The van der Waals surface area contributed by atoms with Crippen LogP contribution in [0.2, 0.25) is 0 Å². The first-order valence-electron chi connectivity index (χ1n) is 10.4. The lowest BCUT2D eigenvalue weighted by Crippen LogP contribution is -2.14. The lowest BCUT2D eigenvalue weighted by Gasteiger charge is -2.13. The molecule has 0 amide bonds. The summed E-state index contributed by atoms with van der Waals surface area (Å²) in [6, 6.07) is 7.06. The number of allylic oxidation sites excluding steroid dienone is 2. The van der Waals surface area contributed by atoms with Gasteiger partial charge >= 0.3 is 5.97 Å². The molecule has 0 atom stereocenters. The van der Waals surface area contributed by atoms with Crippen LogP contribution in [0.15, 0.2) is 51.2 Å². The number of fused-ring (bicyclic) bond motifs is 1. The lowest BCUT2D eigenvalue weighted by molar-refractivity contribution is -0.145. The molecule has 0 saturated heterocycles.